The van der Waals surface area contributed by atoms with E-state index in [1.807, 2.05) is 19.1 Å². The number of hydrogen-bond donors (Lipinski definition) is 2. The van der Waals surface area contributed by atoms with Crippen molar-refractivity contribution in [2.24, 2.45) is 0 Å². The third-order valence-corrected chi connectivity index (χ3v) is 6.07. The minimum Gasteiger partial charge on any atom is -0.355 e. The van der Waals surface area contributed by atoms with Crippen LogP contribution in [0, 0.1) is 12.7 Å². The van der Waals surface area contributed by atoms with Gasteiger partial charge in [-0.3, -0.25) is 4.79 Å². The fraction of sp³-hybridized carbons (Fsp3) is 0.292. The van der Waals surface area contributed by atoms with Crippen LogP contribution in [0.4, 0.5) is 10.2 Å². The molecule has 0 amide bonds. The molecule has 1 aliphatic heterocycles. The number of carbonyl (C=O) groups excluding carboxylic acids is 1. The topological polar surface area (TPSA) is 80.9 Å². The second-order valence-electron chi connectivity index (χ2n) is 8.35. The normalized spacial score (nSPS) is 14.9. The van der Waals surface area contributed by atoms with Crippen molar-refractivity contribution in [1.29, 1.82) is 0 Å². The van der Waals surface area contributed by atoms with Gasteiger partial charge in [-0.15, -0.1) is 0 Å². The fourth-order valence-corrected chi connectivity index (χ4v) is 4.36. The predicted molar refractivity (Wildman–Crippen MR) is 124 cm³/mol. The van der Waals surface area contributed by atoms with Crippen molar-refractivity contribution in [1.82, 2.24) is 24.8 Å². The van der Waals surface area contributed by atoms with E-state index < -0.39 is 0 Å². The molecule has 0 aliphatic carbocycles. The Labute approximate surface area is 185 Å². The summed E-state index contributed by atoms with van der Waals surface area (Å²) < 4.78 is 13.5. The number of carbonyl (C=O) groups is 1. The van der Waals surface area contributed by atoms with Crippen LogP contribution < -0.4 is 4.90 Å². The average molecular weight is 433 g/mol. The van der Waals surface area contributed by atoms with E-state index in [-0.39, 0.29) is 11.6 Å². The number of rotatable bonds is 4. The molecule has 32 heavy (non-hydrogen) atoms. The Hall–Kier alpha value is -3.52. The molecule has 3 aromatic heterocycles. The maximum atomic E-state index is 13.5. The van der Waals surface area contributed by atoms with Gasteiger partial charge in [-0.1, -0.05) is 12.1 Å². The van der Waals surface area contributed by atoms with Crippen LogP contribution >= 0.6 is 0 Å². The molecule has 0 unspecified atom stereocenters. The highest BCUT2D eigenvalue weighted by Gasteiger charge is 2.23. The number of aryl methyl sites for hydroxylation is 1. The van der Waals surface area contributed by atoms with Gasteiger partial charge in [0, 0.05) is 43.0 Å². The first kappa shape index (κ1) is 20.4. The summed E-state index contributed by atoms with van der Waals surface area (Å²) in [6, 6.07) is 10.2. The first-order valence-electron chi connectivity index (χ1n) is 10.7. The first-order valence-corrected chi connectivity index (χ1v) is 10.7. The van der Waals surface area contributed by atoms with E-state index in [0.717, 1.165) is 48.8 Å². The van der Waals surface area contributed by atoms with Crippen molar-refractivity contribution in [2.45, 2.75) is 13.8 Å². The second kappa shape index (κ2) is 7.87. The lowest BCUT2D eigenvalue weighted by atomic mass is 9.97. The van der Waals surface area contributed by atoms with E-state index in [1.54, 1.807) is 12.1 Å². The van der Waals surface area contributed by atoms with Crippen molar-refractivity contribution in [3.05, 3.63) is 53.5 Å². The van der Waals surface area contributed by atoms with Gasteiger partial charge in [0.15, 0.2) is 17.3 Å². The van der Waals surface area contributed by atoms with Gasteiger partial charge in [-0.2, -0.15) is 0 Å². The lowest BCUT2D eigenvalue weighted by molar-refractivity contribution is 0.101. The number of hydrogen-bond acceptors (Lipinski definition) is 5. The van der Waals surface area contributed by atoms with E-state index in [1.165, 1.54) is 19.1 Å². The zero-order chi connectivity index (χ0) is 22.4. The Morgan fingerprint density at radius 3 is 2.41 bits per heavy atom. The molecule has 7 nitrogen and oxygen atoms in total. The molecule has 2 N–H and O–H groups in total. The number of aromatic nitrogens is 4. The maximum Gasteiger partial charge on any atom is 0.180 e. The number of pyridine rings is 1. The predicted octanol–water partition coefficient (Wildman–Crippen LogP) is 4.02. The number of halogens is 1. The molecule has 4 aromatic rings. The summed E-state index contributed by atoms with van der Waals surface area (Å²) in [5, 5.41) is 0. The molecule has 0 saturated carbocycles. The molecule has 0 radical (unpaired) electrons. The molecular weight excluding hydrogens is 407 g/mol. The van der Waals surface area contributed by atoms with E-state index >= 15 is 0 Å². The fourth-order valence-electron chi connectivity index (χ4n) is 4.36. The molecule has 0 atom stereocenters. The first-order chi connectivity index (χ1) is 15.4. The van der Waals surface area contributed by atoms with Gasteiger partial charge < -0.3 is 19.8 Å². The Morgan fingerprint density at radius 2 is 1.72 bits per heavy atom. The standard InChI is InChI=1S/C24H25FN6O/c1-14-20(15(2)32)21(16-4-6-17(25)7-5-16)22(26-14)24-27-18-8-9-19(28-23(18)29-24)31-12-10-30(3)11-13-31/h4-9,26H,10-13H2,1-3H3,(H,27,28,29). The molecule has 1 aromatic carbocycles. The molecular formula is C24H25FN6O. The van der Waals surface area contributed by atoms with Gasteiger partial charge in [0.05, 0.1) is 11.2 Å². The molecule has 164 valence electrons. The molecule has 0 spiro atoms. The monoisotopic (exact) mass is 432 g/mol. The van der Waals surface area contributed by atoms with Crippen LogP contribution in [0.5, 0.6) is 0 Å². The van der Waals surface area contributed by atoms with Crippen LogP contribution in [0.15, 0.2) is 36.4 Å². The van der Waals surface area contributed by atoms with E-state index in [9.17, 15) is 9.18 Å². The number of benzene rings is 1. The van der Waals surface area contributed by atoms with Crippen LogP contribution in [0.3, 0.4) is 0 Å². The highest BCUT2D eigenvalue weighted by atomic mass is 19.1. The summed E-state index contributed by atoms with van der Waals surface area (Å²) in [5.41, 5.74) is 4.93. The van der Waals surface area contributed by atoms with Gasteiger partial charge in [0.1, 0.15) is 11.6 Å². The van der Waals surface area contributed by atoms with Crippen molar-refractivity contribution in [3.63, 3.8) is 0 Å². The third-order valence-electron chi connectivity index (χ3n) is 6.07. The van der Waals surface area contributed by atoms with Crippen LogP contribution in [-0.2, 0) is 0 Å². The number of H-pyrrole nitrogens is 2. The highest BCUT2D eigenvalue weighted by Crippen LogP contribution is 2.36. The molecule has 1 fully saturated rings. The maximum absolute atomic E-state index is 13.5. The van der Waals surface area contributed by atoms with Crippen LogP contribution in [0.25, 0.3) is 33.8 Å². The molecule has 0 bridgehead atoms. The van der Waals surface area contributed by atoms with Crippen LogP contribution in [0.2, 0.25) is 0 Å². The minimum absolute atomic E-state index is 0.0593. The molecule has 8 heteroatoms. The number of nitrogens with one attached hydrogen (secondary N) is 2. The molecule has 5 rings (SSSR count). The number of Topliss-reactive ketones (excluding diaryl/α,β-unsaturated/α-hetero) is 1. The summed E-state index contributed by atoms with van der Waals surface area (Å²) in [7, 11) is 2.13. The van der Waals surface area contributed by atoms with Crippen molar-refractivity contribution >= 4 is 22.8 Å². The number of ketones is 1. The molecule has 1 saturated heterocycles. The Morgan fingerprint density at radius 1 is 1.00 bits per heavy atom. The van der Waals surface area contributed by atoms with Gasteiger partial charge in [-0.25, -0.2) is 14.4 Å². The number of aromatic amines is 2. The number of piperazine rings is 1. The Bertz CT molecular complexity index is 1300. The Balaban J connectivity index is 1.60. The van der Waals surface area contributed by atoms with E-state index in [0.29, 0.717) is 28.3 Å². The number of nitrogens with zero attached hydrogens (tertiary/aromatic N) is 4. The number of likely N-dealkylation sites (N-methyl/N-ethyl adjacent to an activating group) is 1. The Kier molecular flexibility index (Phi) is 5.01. The van der Waals surface area contributed by atoms with Gasteiger partial charge in [0.25, 0.3) is 0 Å². The summed E-state index contributed by atoms with van der Waals surface area (Å²) in [4.78, 5) is 33.2. The van der Waals surface area contributed by atoms with Gasteiger partial charge in [-0.05, 0) is 50.7 Å². The smallest absolute Gasteiger partial charge is 0.180 e. The van der Waals surface area contributed by atoms with E-state index in [4.69, 9.17) is 9.97 Å². The van der Waals surface area contributed by atoms with E-state index in [2.05, 4.69) is 26.8 Å². The van der Waals surface area contributed by atoms with Crippen LogP contribution in [0.1, 0.15) is 23.0 Å². The van der Waals surface area contributed by atoms with Crippen molar-refractivity contribution < 1.29 is 9.18 Å². The average Bonchev–Trinajstić information content (AvgIpc) is 3.35. The lowest BCUT2D eigenvalue weighted by Gasteiger charge is -2.33. The quantitative estimate of drug-likeness (QED) is 0.476. The number of anilines is 1. The van der Waals surface area contributed by atoms with Gasteiger partial charge >= 0.3 is 0 Å². The SMILES string of the molecule is CC(=O)c1c(C)[nH]c(-c2nc3nc(N4CCN(C)CC4)ccc3[nH]2)c1-c1ccc(F)cc1. The highest BCUT2D eigenvalue weighted by molar-refractivity contribution is 6.05. The lowest BCUT2D eigenvalue weighted by Crippen LogP contribution is -2.44. The number of fused-ring (bicyclic) bond motifs is 1. The summed E-state index contributed by atoms with van der Waals surface area (Å²) >= 11 is 0. The minimum atomic E-state index is -0.323. The zero-order valence-corrected chi connectivity index (χ0v) is 18.4. The zero-order valence-electron chi connectivity index (χ0n) is 18.4. The number of imidazole rings is 1. The third kappa shape index (κ3) is 3.56. The van der Waals surface area contributed by atoms with Crippen molar-refractivity contribution in [2.75, 3.05) is 38.1 Å². The van der Waals surface area contributed by atoms with Crippen molar-refractivity contribution in [3.8, 4) is 22.6 Å². The molecule has 4 heterocycles. The largest absolute Gasteiger partial charge is 0.355 e. The second-order valence-corrected chi connectivity index (χ2v) is 8.35. The molecule has 1 aliphatic rings. The van der Waals surface area contributed by atoms with Gasteiger partial charge in [0.2, 0.25) is 0 Å². The summed E-state index contributed by atoms with van der Waals surface area (Å²) in [6.07, 6.45) is 0. The summed E-state index contributed by atoms with van der Waals surface area (Å²) in [5.74, 6) is 1.12. The van der Waals surface area contributed by atoms with Crippen LogP contribution in [-0.4, -0.2) is 63.8 Å². The summed E-state index contributed by atoms with van der Waals surface area (Å²) in [6.45, 7) is 7.26.